The lowest BCUT2D eigenvalue weighted by Gasteiger charge is -2.17. The van der Waals surface area contributed by atoms with Crippen LogP contribution in [-0.4, -0.2) is 52.7 Å². The van der Waals surface area contributed by atoms with E-state index < -0.39 is 53.1 Å². The van der Waals surface area contributed by atoms with Gasteiger partial charge in [0.05, 0.1) is 30.9 Å². The summed E-state index contributed by atoms with van der Waals surface area (Å²) in [4.78, 5) is 13.1. The first-order valence-electron chi connectivity index (χ1n) is 9.08. The molecule has 1 saturated heterocycles. The lowest BCUT2D eigenvalue weighted by atomic mass is 9.96. The van der Waals surface area contributed by atoms with Crippen LogP contribution in [0.15, 0.2) is 42.5 Å². The van der Waals surface area contributed by atoms with E-state index in [1.807, 2.05) is 0 Å². The van der Waals surface area contributed by atoms with Crippen LogP contribution in [0.4, 0.5) is 26.3 Å². The maximum absolute atomic E-state index is 13.7. The second kappa shape index (κ2) is 8.72. The van der Waals surface area contributed by atoms with E-state index in [0.29, 0.717) is 6.07 Å². The number of likely N-dealkylation sites (tertiary alicyclic amines) is 1. The van der Waals surface area contributed by atoms with Gasteiger partial charge in [-0.3, -0.25) is 4.79 Å². The Balaban J connectivity index is 1.97. The highest BCUT2D eigenvalue weighted by Gasteiger charge is 2.37. The second-order valence-corrected chi connectivity index (χ2v) is 6.90. The number of carbonyl (C=O) groups is 1. The van der Waals surface area contributed by atoms with Gasteiger partial charge < -0.3 is 19.8 Å². The summed E-state index contributed by atoms with van der Waals surface area (Å²) in [6, 6.07) is 7.11. The van der Waals surface area contributed by atoms with E-state index in [9.17, 15) is 41.4 Å². The minimum Gasteiger partial charge on any atom is -0.405 e. The Morgan fingerprint density at radius 1 is 0.969 bits per heavy atom. The molecule has 1 aliphatic heterocycles. The molecule has 170 valence electrons. The van der Waals surface area contributed by atoms with Crippen LogP contribution in [0.3, 0.4) is 0 Å². The largest absolute Gasteiger partial charge is 0.573 e. The van der Waals surface area contributed by atoms with Gasteiger partial charge in [0.25, 0.3) is 5.91 Å². The molecule has 1 heterocycles. The Bertz CT molecular complexity index is 1060. The maximum Gasteiger partial charge on any atom is 0.573 e. The molecule has 0 radical (unpaired) electrons. The summed E-state index contributed by atoms with van der Waals surface area (Å²) in [6.45, 7) is -0.338. The first-order chi connectivity index (χ1) is 14.8. The molecule has 1 aliphatic rings. The summed E-state index contributed by atoms with van der Waals surface area (Å²) >= 11 is 0. The molecule has 2 N–H and O–H groups in total. The minimum atomic E-state index is -5.10. The summed E-state index contributed by atoms with van der Waals surface area (Å²) < 4.78 is 82.8. The van der Waals surface area contributed by atoms with E-state index >= 15 is 0 Å². The Labute approximate surface area is 177 Å². The van der Waals surface area contributed by atoms with Crippen LogP contribution in [0, 0.1) is 11.8 Å². The summed E-state index contributed by atoms with van der Waals surface area (Å²) in [6.07, 6.45) is -12.3. The number of hydrogen-bond donors (Lipinski definition) is 2. The van der Waals surface area contributed by atoms with Crippen LogP contribution >= 0.6 is 0 Å². The van der Waals surface area contributed by atoms with Gasteiger partial charge in [-0.15, -0.1) is 13.2 Å². The van der Waals surface area contributed by atoms with Crippen LogP contribution in [0.1, 0.15) is 11.1 Å². The van der Waals surface area contributed by atoms with Crippen LogP contribution in [0.25, 0.3) is 11.1 Å². The predicted octanol–water partition coefficient (Wildman–Crippen LogP) is 3.19. The maximum atomic E-state index is 13.7. The molecule has 1 fully saturated rings. The van der Waals surface area contributed by atoms with E-state index in [2.05, 4.69) is 16.6 Å². The van der Waals surface area contributed by atoms with Crippen molar-refractivity contribution in [1.82, 2.24) is 4.90 Å². The molecule has 0 bridgehead atoms. The zero-order valence-electron chi connectivity index (χ0n) is 16.0. The number of para-hydroxylation sites is 1. The monoisotopic (exact) mass is 459 g/mol. The van der Waals surface area contributed by atoms with Gasteiger partial charge in [-0.1, -0.05) is 30.2 Å². The highest BCUT2D eigenvalue weighted by Crippen LogP contribution is 2.41. The van der Waals surface area contributed by atoms with Gasteiger partial charge in [-0.05, 0) is 23.8 Å². The summed E-state index contributed by atoms with van der Waals surface area (Å²) in [5, 5.41) is 18.9. The number of alkyl halides is 6. The Morgan fingerprint density at radius 2 is 1.59 bits per heavy atom. The van der Waals surface area contributed by atoms with E-state index in [1.54, 1.807) is 0 Å². The van der Waals surface area contributed by atoms with Crippen molar-refractivity contribution in [2.24, 2.45) is 0 Å². The lowest BCUT2D eigenvalue weighted by Crippen LogP contribution is -2.28. The smallest absolute Gasteiger partial charge is 0.405 e. The number of carbonyl (C=O) groups excluding carboxylic acids is 1. The topological polar surface area (TPSA) is 70.0 Å². The molecular weight excluding hydrogens is 444 g/mol. The number of aliphatic hydroxyl groups is 2. The molecule has 0 unspecified atom stereocenters. The van der Waals surface area contributed by atoms with Gasteiger partial charge in [0.1, 0.15) is 5.75 Å². The standard InChI is InChI=1S/C21H15F6NO4/c22-20(23,24)15-9-12(6-8-19(31)28-10-16(29)17(30)11-28)5-7-13(15)14-3-1-2-4-18(14)32-21(25,26)27/h1-5,7,9,16-17,29-30H,10-11H2/t16-,17-/m1/s1. The fourth-order valence-electron chi connectivity index (χ4n) is 3.13. The van der Waals surface area contributed by atoms with E-state index in [1.165, 1.54) is 12.1 Å². The molecule has 0 saturated carbocycles. The van der Waals surface area contributed by atoms with Gasteiger partial charge in [-0.25, -0.2) is 0 Å². The average Bonchev–Trinajstić information content (AvgIpc) is 3.03. The average molecular weight is 459 g/mol. The Hall–Kier alpha value is -3.23. The van der Waals surface area contributed by atoms with Crippen molar-refractivity contribution in [3.05, 3.63) is 53.6 Å². The third-order valence-corrected chi connectivity index (χ3v) is 4.59. The van der Waals surface area contributed by atoms with Crippen molar-refractivity contribution in [2.75, 3.05) is 13.1 Å². The van der Waals surface area contributed by atoms with Crippen LogP contribution in [0.5, 0.6) is 5.75 Å². The van der Waals surface area contributed by atoms with Gasteiger partial charge in [0.15, 0.2) is 0 Å². The third kappa shape index (κ3) is 5.52. The molecule has 0 aromatic heterocycles. The minimum absolute atomic E-state index is 0.169. The van der Waals surface area contributed by atoms with Crippen LogP contribution < -0.4 is 4.74 Å². The fraction of sp³-hybridized carbons (Fsp3) is 0.286. The van der Waals surface area contributed by atoms with Crippen LogP contribution in [0.2, 0.25) is 0 Å². The SMILES string of the molecule is O=C(C#Cc1ccc(-c2ccccc2OC(F)(F)F)c(C(F)(F)F)c1)N1C[C@@H](O)[C@H](O)C1. The lowest BCUT2D eigenvalue weighted by molar-refractivity contribution is -0.274. The molecule has 1 amide bonds. The van der Waals surface area contributed by atoms with Crippen molar-refractivity contribution in [2.45, 2.75) is 24.7 Å². The predicted molar refractivity (Wildman–Crippen MR) is 99.0 cm³/mol. The number of amides is 1. The summed E-state index contributed by atoms with van der Waals surface area (Å²) in [5.74, 6) is 2.81. The van der Waals surface area contributed by atoms with Gasteiger partial charge in [-0.2, -0.15) is 13.2 Å². The summed E-state index contributed by atoms with van der Waals surface area (Å²) in [5.41, 5.74) is -2.45. The van der Waals surface area contributed by atoms with E-state index in [4.69, 9.17) is 0 Å². The molecule has 5 nitrogen and oxygen atoms in total. The number of benzene rings is 2. The molecule has 0 aliphatic carbocycles. The molecule has 11 heteroatoms. The molecule has 2 aromatic carbocycles. The van der Waals surface area contributed by atoms with E-state index in [-0.39, 0.29) is 18.7 Å². The summed E-state index contributed by atoms with van der Waals surface area (Å²) in [7, 11) is 0. The molecule has 0 spiro atoms. The van der Waals surface area contributed by atoms with Crippen molar-refractivity contribution < 1.29 is 46.1 Å². The van der Waals surface area contributed by atoms with Crippen molar-refractivity contribution >= 4 is 5.91 Å². The van der Waals surface area contributed by atoms with E-state index in [0.717, 1.165) is 29.2 Å². The first-order valence-corrected chi connectivity index (χ1v) is 9.08. The molecule has 32 heavy (non-hydrogen) atoms. The van der Waals surface area contributed by atoms with Gasteiger partial charge in [0, 0.05) is 17.0 Å². The van der Waals surface area contributed by atoms with Crippen molar-refractivity contribution in [3.63, 3.8) is 0 Å². The number of nitrogens with zero attached hydrogens (tertiary/aromatic N) is 1. The molecule has 3 rings (SSSR count). The van der Waals surface area contributed by atoms with Crippen molar-refractivity contribution in [1.29, 1.82) is 0 Å². The van der Waals surface area contributed by atoms with Crippen molar-refractivity contribution in [3.8, 4) is 28.7 Å². The quantitative estimate of drug-likeness (QED) is 0.535. The number of β-amino-alcohol motifs (C(OH)–C–C–N with tert-alkyl or cyclic N) is 2. The zero-order chi connectivity index (χ0) is 23.7. The number of hydrogen-bond acceptors (Lipinski definition) is 4. The van der Waals surface area contributed by atoms with Gasteiger partial charge in [0.2, 0.25) is 0 Å². The number of rotatable bonds is 2. The molecular formula is C21H15F6NO4. The number of aliphatic hydroxyl groups excluding tert-OH is 2. The molecule has 2 aromatic rings. The highest BCUT2D eigenvalue weighted by atomic mass is 19.4. The Kier molecular flexibility index (Phi) is 6.39. The highest BCUT2D eigenvalue weighted by molar-refractivity contribution is 5.94. The fourth-order valence-corrected chi connectivity index (χ4v) is 3.13. The zero-order valence-corrected chi connectivity index (χ0v) is 16.0. The molecule has 2 atom stereocenters. The van der Waals surface area contributed by atoms with Crippen LogP contribution in [-0.2, 0) is 11.0 Å². The van der Waals surface area contributed by atoms with Gasteiger partial charge >= 0.3 is 12.5 Å². The first kappa shape index (κ1) is 23.4. The third-order valence-electron chi connectivity index (χ3n) is 4.59. The number of ether oxygens (including phenoxy) is 1. The second-order valence-electron chi connectivity index (χ2n) is 6.90. The number of halogens is 6. The normalized spacial score (nSPS) is 18.8. The Morgan fingerprint density at radius 3 is 2.19 bits per heavy atom.